The lowest BCUT2D eigenvalue weighted by atomic mass is 10.1. The highest BCUT2D eigenvalue weighted by atomic mass is 16.5. The number of rotatable bonds is 2. The van der Waals surface area contributed by atoms with Gasteiger partial charge in [-0.15, -0.1) is 10.2 Å². The van der Waals surface area contributed by atoms with Gasteiger partial charge in [0.15, 0.2) is 0 Å². The fourth-order valence-electron chi connectivity index (χ4n) is 2.70. The van der Waals surface area contributed by atoms with Crippen LogP contribution in [0.5, 0.6) is 0 Å². The Morgan fingerprint density at radius 2 is 2.24 bits per heavy atom. The molecule has 1 fully saturated rings. The van der Waals surface area contributed by atoms with Gasteiger partial charge in [0.05, 0.1) is 12.2 Å². The molecule has 2 unspecified atom stereocenters. The van der Waals surface area contributed by atoms with Gasteiger partial charge in [-0.3, -0.25) is 0 Å². The van der Waals surface area contributed by atoms with Crippen LogP contribution in [0.4, 0.5) is 0 Å². The molecule has 0 bridgehead atoms. The van der Waals surface area contributed by atoms with Crippen LogP contribution in [0, 0.1) is 0 Å². The van der Waals surface area contributed by atoms with Crippen LogP contribution in [-0.4, -0.2) is 38.7 Å². The third-order valence-electron chi connectivity index (χ3n) is 3.69. The Bertz CT molecular complexity index is 385. The van der Waals surface area contributed by atoms with Crippen molar-refractivity contribution in [2.24, 2.45) is 0 Å². The summed E-state index contributed by atoms with van der Waals surface area (Å²) in [4.78, 5) is 0. The molecule has 0 amide bonds. The summed E-state index contributed by atoms with van der Waals surface area (Å²) in [5.41, 5.74) is 0. The maximum absolute atomic E-state index is 9.58. The maximum Gasteiger partial charge on any atom is 0.135 e. The molecule has 3 rings (SSSR count). The predicted molar refractivity (Wildman–Crippen MR) is 61.6 cm³/mol. The number of aromatic nitrogens is 3. The molecule has 0 saturated carbocycles. The van der Waals surface area contributed by atoms with E-state index in [0.717, 1.165) is 44.1 Å². The van der Waals surface area contributed by atoms with Crippen LogP contribution < -0.4 is 0 Å². The zero-order valence-corrected chi connectivity index (χ0v) is 10.0. The number of nitrogens with zero attached hydrogens (tertiary/aromatic N) is 3. The van der Waals surface area contributed by atoms with Crippen LogP contribution >= 0.6 is 0 Å². The van der Waals surface area contributed by atoms with Gasteiger partial charge < -0.3 is 14.4 Å². The Morgan fingerprint density at radius 1 is 1.29 bits per heavy atom. The average Bonchev–Trinajstić information content (AvgIpc) is 2.73. The Hall–Kier alpha value is -0.940. The van der Waals surface area contributed by atoms with Crippen LogP contribution in [-0.2, 0) is 24.1 Å². The van der Waals surface area contributed by atoms with E-state index in [1.807, 2.05) is 0 Å². The molecule has 1 saturated heterocycles. The zero-order valence-electron chi connectivity index (χ0n) is 10.0. The predicted octanol–water partition coefficient (Wildman–Crippen LogP) is 0.697. The van der Waals surface area contributed by atoms with E-state index >= 15 is 0 Å². The van der Waals surface area contributed by atoms with E-state index in [2.05, 4.69) is 14.8 Å². The molecule has 2 aliphatic heterocycles. The Kier molecular flexibility index (Phi) is 3.11. The SMILES string of the molecule is OC1CCn2c(nnc2CC2CCCCO2)C1. The molecule has 17 heavy (non-hydrogen) atoms. The molecule has 1 aromatic rings. The summed E-state index contributed by atoms with van der Waals surface area (Å²) in [7, 11) is 0. The minimum absolute atomic E-state index is 0.245. The van der Waals surface area contributed by atoms with Crippen LogP contribution in [0.15, 0.2) is 0 Å². The minimum Gasteiger partial charge on any atom is -0.393 e. The number of aliphatic hydroxyl groups excluding tert-OH is 1. The van der Waals surface area contributed by atoms with Gasteiger partial charge in [-0.25, -0.2) is 0 Å². The first-order valence-electron chi connectivity index (χ1n) is 6.53. The average molecular weight is 237 g/mol. The quantitative estimate of drug-likeness (QED) is 0.822. The minimum atomic E-state index is -0.245. The van der Waals surface area contributed by atoms with Crippen molar-refractivity contribution in [2.75, 3.05) is 6.61 Å². The standard InChI is InChI=1S/C12H19N3O2/c16-9-4-5-15-11(7-9)13-14-12(15)8-10-3-1-2-6-17-10/h9-10,16H,1-8H2. The number of fused-ring (bicyclic) bond motifs is 1. The summed E-state index contributed by atoms with van der Waals surface area (Å²) in [6.07, 6.45) is 5.94. The van der Waals surface area contributed by atoms with Crippen molar-refractivity contribution in [3.05, 3.63) is 11.6 Å². The molecule has 94 valence electrons. The fraction of sp³-hybridized carbons (Fsp3) is 0.833. The molecule has 1 aromatic heterocycles. The van der Waals surface area contributed by atoms with Crippen molar-refractivity contribution in [1.29, 1.82) is 0 Å². The van der Waals surface area contributed by atoms with Gasteiger partial charge >= 0.3 is 0 Å². The summed E-state index contributed by atoms with van der Waals surface area (Å²) in [6, 6.07) is 0. The highest BCUT2D eigenvalue weighted by molar-refractivity contribution is 5.02. The lowest BCUT2D eigenvalue weighted by Crippen LogP contribution is -2.27. The first-order valence-corrected chi connectivity index (χ1v) is 6.53. The van der Waals surface area contributed by atoms with Crippen molar-refractivity contribution >= 4 is 0 Å². The summed E-state index contributed by atoms with van der Waals surface area (Å²) in [5.74, 6) is 1.95. The molecular weight excluding hydrogens is 218 g/mol. The molecule has 0 aromatic carbocycles. The molecule has 2 atom stereocenters. The summed E-state index contributed by atoms with van der Waals surface area (Å²) < 4.78 is 7.89. The van der Waals surface area contributed by atoms with Gasteiger partial charge in [-0.2, -0.15) is 0 Å². The van der Waals surface area contributed by atoms with E-state index in [1.165, 1.54) is 12.8 Å². The molecule has 0 radical (unpaired) electrons. The third kappa shape index (κ3) is 2.35. The van der Waals surface area contributed by atoms with Crippen molar-refractivity contribution in [2.45, 2.75) is 57.3 Å². The first kappa shape index (κ1) is 11.2. The maximum atomic E-state index is 9.58. The Morgan fingerprint density at radius 3 is 3.06 bits per heavy atom. The highest BCUT2D eigenvalue weighted by Crippen LogP contribution is 2.20. The molecule has 2 aliphatic rings. The summed E-state index contributed by atoms with van der Waals surface area (Å²) in [5, 5.41) is 18.0. The second kappa shape index (κ2) is 4.74. The van der Waals surface area contributed by atoms with Crippen molar-refractivity contribution in [3.63, 3.8) is 0 Å². The second-order valence-electron chi connectivity index (χ2n) is 5.02. The van der Waals surface area contributed by atoms with Crippen molar-refractivity contribution in [1.82, 2.24) is 14.8 Å². The molecule has 0 aliphatic carbocycles. The highest BCUT2D eigenvalue weighted by Gasteiger charge is 2.23. The van der Waals surface area contributed by atoms with Gasteiger partial charge in [0, 0.05) is 26.0 Å². The Labute approximate surface area is 101 Å². The lowest BCUT2D eigenvalue weighted by Gasteiger charge is -2.24. The van der Waals surface area contributed by atoms with E-state index < -0.39 is 0 Å². The van der Waals surface area contributed by atoms with E-state index in [4.69, 9.17) is 4.74 Å². The molecule has 0 spiro atoms. The largest absolute Gasteiger partial charge is 0.393 e. The second-order valence-corrected chi connectivity index (χ2v) is 5.02. The fourth-order valence-corrected chi connectivity index (χ4v) is 2.70. The van der Waals surface area contributed by atoms with Gasteiger partial charge in [-0.05, 0) is 25.7 Å². The van der Waals surface area contributed by atoms with Gasteiger partial charge in [0.2, 0.25) is 0 Å². The summed E-state index contributed by atoms with van der Waals surface area (Å²) in [6.45, 7) is 1.72. The van der Waals surface area contributed by atoms with E-state index in [9.17, 15) is 5.11 Å². The van der Waals surface area contributed by atoms with Crippen LogP contribution in [0.3, 0.4) is 0 Å². The monoisotopic (exact) mass is 237 g/mol. The number of hydrogen-bond donors (Lipinski definition) is 1. The molecule has 1 N–H and O–H groups in total. The topological polar surface area (TPSA) is 60.2 Å². The smallest absolute Gasteiger partial charge is 0.135 e. The van der Waals surface area contributed by atoms with Crippen molar-refractivity contribution < 1.29 is 9.84 Å². The van der Waals surface area contributed by atoms with Crippen LogP contribution in [0.1, 0.15) is 37.3 Å². The first-order chi connectivity index (χ1) is 8.33. The molecular formula is C12H19N3O2. The molecule has 5 nitrogen and oxygen atoms in total. The van der Waals surface area contributed by atoms with Crippen LogP contribution in [0.25, 0.3) is 0 Å². The van der Waals surface area contributed by atoms with E-state index in [1.54, 1.807) is 0 Å². The summed E-state index contributed by atoms with van der Waals surface area (Å²) >= 11 is 0. The van der Waals surface area contributed by atoms with Gasteiger partial charge in [-0.1, -0.05) is 0 Å². The van der Waals surface area contributed by atoms with Crippen molar-refractivity contribution in [3.8, 4) is 0 Å². The third-order valence-corrected chi connectivity index (χ3v) is 3.69. The van der Waals surface area contributed by atoms with Gasteiger partial charge in [0.1, 0.15) is 11.6 Å². The van der Waals surface area contributed by atoms with Crippen LogP contribution in [0.2, 0.25) is 0 Å². The lowest BCUT2D eigenvalue weighted by molar-refractivity contribution is 0.0149. The number of ether oxygens (including phenoxy) is 1. The number of aliphatic hydroxyl groups is 1. The van der Waals surface area contributed by atoms with E-state index in [-0.39, 0.29) is 6.10 Å². The van der Waals surface area contributed by atoms with E-state index in [0.29, 0.717) is 12.5 Å². The molecule has 3 heterocycles. The molecule has 5 heteroatoms. The Balaban J connectivity index is 1.71. The normalized spacial score (nSPS) is 29.0. The zero-order chi connectivity index (χ0) is 11.7. The van der Waals surface area contributed by atoms with Gasteiger partial charge in [0.25, 0.3) is 0 Å². The number of hydrogen-bond acceptors (Lipinski definition) is 4.